The van der Waals surface area contributed by atoms with Crippen LogP contribution in [0.1, 0.15) is 59.3 Å². The molecular formula is C16H30N2O3. The van der Waals surface area contributed by atoms with Gasteiger partial charge < -0.3 is 15.3 Å². The number of carbonyl (C=O) groups excluding carboxylic acids is 1. The van der Waals surface area contributed by atoms with Gasteiger partial charge in [-0.25, -0.2) is 4.79 Å². The van der Waals surface area contributed by atoms with E-state index in [0.717, 1.165) is 12.8 Å². The highest BCUT2D eigenvalue weighted by molar-refractivity contribution is 5.76. The van der Waals surface area contributed by atoms with Crippen molar-refractivity contribution in [1.29, 1.82) is 0 Å². The summed E-state index contributed by atoms with van der Waals surface area (Å²) in [5.74, 6) is -1.21. The number of hydrogen-bond donors (Lipinski definition) is 2. The van der Waals surface area contributed by atoms with Gasteiger partial charge >= 0.3 is 12.0 Å². The monoisotopic (exact) mass is 298 g/mol. The van der Waals surface area contributed by atoms with Gasteiger partial charge in [0.25, 0.3) is 0 Å². The van der Waals surface area contributed by atoms with Gasteiger partial charge in [-0.05, 0) is 24.7 Å². The maximum Gasteiger partial charge on any atom is 0.317 e. The van der Waals surface area contributed by atoms with Crippen molar-refractivity contribution >= 4 is 12.0 Å². The van der Waals surface area contributed by atoms with E-state index in [0.29, 0.717) is 26.1 Å². The van der Waals surface area contributed by atoms with Crippen molar-refractivity contribution < 1.29 is 14.7 Å². The summed E-state index contributed by atoms with van der Waals surface area (Å²) in [6.45, 7) is 8.15. The first kappa shape index (κ1) is 17.8. The van der Waals surface area contributed by atoms with Crippen molar-refractivity contribution in [3.63, 3.8) is 0 Å². The van der Waals surface area contributed by atoms with Crippen LogP contribution in [0.15, 0.2) is 0 Å². The van der Waals surface area contributed by atoms with E-state index in [-0.39, 0.29) is 11.4 Å². The molecule has 0 spiro atoms. The van der Waals surface area contributed by atoms with Crippen LogP contribution >= 0.6 is 0 Å². The summed E-state index contributed by atoms with van der Waals surface area (Å²) in [6, 6.07) is -0.121. The van der Waals surface area contributed by atoms with Crippen molar-refractivity contribution in [2.45, 2.75) is 59.3 Å². The van der Waals surface area contributed by atoms with E-state index in [1.165, 1.54) is 19.3 Å². The van der Waals surface area contributed by atoms with Crippen molar-refractivity contribution in [3.05, 3.63) is 0 Å². The van der Waals surface area contributed by atoms with Crippen LogP contribution in [-0.2, 0) is 4.79 Å². The summed E-state index contributed by atoms with van der Waals surface area (Å²) < 4.78 is 0. The molecule has 0 bridgehead atoms. The van der Waals surface area contributed by atoms with Gasteiger partial charge in [-0.15, -0.1) is 0 Å². The number of carboxylic acids is 1. The molecule has 2 N–H and O–H groups in total. The Morgan fingerprint density at radius 1 is 1.33 bits per heavy atom. The fourth-order valence-electron chi connectivity index (χ4n) is 2.73. The second-order valence-corrected chi connectivity index (χ2v) is 6.90. The van der Waals surface area contributed by atoms with E-state index in [4.69, 9.17) is 5.11 Å². The number of carbonyl (C=O) groups is 2. The van der Waals surface area contributed by atoms with E-state index in [1.807, 2.05) is 0 Å². The lowest BCUT2D eigenvalue weighted by Crippen LogP contribution is -2.48. The Labute approximate surface area is 128 Å². The Morgan fingerprint density at radius 2 is 2.05 bits per heavy atom. The minimum atomic E-state index is -0.799. The molecule has 0 aromatic rings. The number of rotatable bonds is 7. The highest BCUT2D eigenvalue weighted by atomic mass is 16.4. The van der Waals surface area contributed by atoms with Crippen LogP contribution in [0, 0.1) is 11.3 Å². The maximum absolute atomic E-state index is 12.2. The number of nitrogens with zero attached hydrogens (tertiary/aromatic N) is 1. The SMILES string of the molecule is CCCCCC(C)(C)CNC(=O)N1CCC[C@H](C(=O)O)C1. The normalized spacial score (nSPS) is 19.4. The number of aliphatic carboxylic acids is 1. The molecule has 2 amide bonds. The second-order valence-electron chi connectivity index (χ2n) is 6.90. The number of amides is 2. The van der Waals surface area contributed by atoms with Gasteiger partial charge in [0.2, 0.25) is 0 Å². The average molecular weight is 298 g/mol. The summed E-state index contributed by atoms with van der Waals surface area (Å²) >= 11 is 0. The lowest BCUT2D eigenvalue weighted by molar-refractivity contribution is -0.143. The smallest absolute Gasteiger partial charge is 0.317 e. The Morgan fingerprint density at radius 3 is 2.67 bits per heavy atom. The minimum Gasteiger partial charge on any atom is -0.481 e. The van der Waals surface area contributed by atoms with Crippen LogP contribution < -0.4 is 5.32 Å². The Bertz CT molecular complexity index is 355. The molecule has 0 radical (unpaired) electrons. The fourth-order valence-corrected chi connectivity index (χ4v) is 2.73. The topological polar surface area (TPSA) is 69.6 Å². The zero-order chi connectivity index (χ0) is 15.9. The quantitative estimate of drug-likeness (QED) is 0.710. The number of urea groups is 1. The largest absolute Gasteiger partial charge is 0.481 e. The van der Waals surface area contributed by atoms with Gasteiger partial charge in [0.05, 0.1) is 5.92 Å². The fraction of sp³-hybridized carbons (Fsp3) is 0.875. The molecule has 0 saturated carbocycles. The highest BCUT2D eigenvalue weighted by Gasteiger charge is 2.28. The Kier molecular flexibility index (Phi) is 6.99. The molecule has 5 heteroatoms. The zero-order valence-corrected chi connectivity index (χ0v) is 13.7. The van der Waals surface area contributed by atoms with Crippen LogP contribution in [0.25, 0.3) is 0 Å². The van der Waals surface area contributed by atoms with Crippen molar-refractivity contribution in [1.82, 2.24) is 10.2 Å². The molecule has 0 unspecified atom stereocenters. The number of likely N-dealkylation sites (tertiary alicyclic amines) is 1. The van der Waals surface area contributed by atoms with Crippen LogP contribution in [0.5, 0.6) is 0 Å². The third kappa shape index (κ3) is 6.36. The molecule has 1 fully saturated rings. The molecule has 1 saturated heterocycles. The minimum absolute atomic E-state index is 0.0901. The van der Waals surface area contributed by atoms with E-state index in [9.17, 15) is 9.59 Å². The summed E-state index contributed by atoms with van der Waals surface area (Å²) in [4.78, 5) is 24.8. The van der Waals surface area contributed by atoms with Gasteiger partial charge in [0.15, 0.2) is 0 Å². The molecule has 0 aliphatic carbocycles. The predicted octanol–water partition coefficient (Wildman–Crippen LogP) is 3.10. The molecule has 0 aromatic heterocycles. The zero-order valence-electron chi connectivity index (χ0n) is 13.7. The third-order valence-corrected chi connectivity index (χ3v) is 4.23. The van der Waals surface area contributed by atoms with Gasteiger partial charge in [-0.3, -0.25) is 4.79 Å². The lowest BCUT2D eigenvalue weighted by atomic mass is 9.87. The number of carboxylic acid groups (broad SMARTS) is 1. The summed E-state index contributed by atoms with van der Waals surface area (Å²) in [5, 5.41) is 12.0. The molecule has 1 aliphatic rings. The molecule has 21 heavy (non-hydrogen) atoms. The summed E-state index contributed by atoms with van der Waals surface area (Å²) in [7, 11) is 0. The molecule has 1 heterocycles. The molecular weight excluding hydrogens is 268 g/mol. The predicted molar refractivity (Wildman–Crippen MR) is 83.3 cm³/mol. The maximum atomic E-state index is 12.2. The van der Waals surface area contributed by atoms with Crippen LogP contribution in [0.3, 0.4) is 0 Å². The van der Waals surface area contributed by atoms with Crippen molar-refractivity contribution in [3.8, 4) is 0 Å². The highest BCUT2D eigenvalue weighted by Crippen LogP contribution is 2.23. The number of hydrogen-bond acceptors (Lipinski definition) is 2. The van der Waals surface area contributed by atoms with E-state index in [1.54, 1.807) is 4.90 Å². The number of nitrogens with one attached hydrogen (secondary N) is 1. The lowest BCUT2D eigenvalue weighted by Gasteiger charge is -2.32. The van der Waals surface area contributed by atoms with Crippen LogP contribution in [0.4, 0.5) is 4.79 Å². The molecule has 122 valence electrons. The Hall–Kier alpha value is -1.26. The van der Waals surface area contributed by atoms with Gasteiger partial charge in [0.1, 0.15) is 0 Å². The number of piperidine rings is 1. The molecule has 1 rings (SSSR count). The standard InChI is InChI=1S/C16H30N2O3/c1-4-5-6-9-16(2,3)12-17-15(21)18-10-7-8-13(11-18)14(19)20/h13H,4-12H2,1-3H3,(H,17,21)(H,19,20)/t13-/m0/s1. The molecule has 1 atom stereocenters. The molecule has 5 nitrogen and oxygen atoms in total. The molecule has 0 aromatic carbocycles. The van der Waals surface area contributed by atoms with E-state index in [2.05, 4.69) is 26.1 Å². The first-order valence-electron chi connectivity index (χ1n) is 8.11. The first-order valence-corrected chi connectivity index (χ1v) is 8.11. The summed E-state index contributed by atoms with van der Waals surface area (Å²) in [5.41, 5.74) is 0.0901. The van der Waals surface area contributed by atoms with E-state index >= 15 is 0 Å². The molecule has 1 aliphatic heterocycles. The van der Waals surface area contributed by atoms with E-state index < -0.39 is 11.9 Å². The van der Waals surface area contributed by atoms with Crippen LogP contribution in [-0.4, -0.2) is 41.6 Å². The van der Waals surface area contributed by atoms with Gasteiger partial charge in [-0.2, -0.15) is 0 Å². The first-order chi connectivity index (χ1) is 9.85. The summed E-state index contributed by atoms with van der Waals surface area (Å²) in [6.07, 6.45) is 6.14. The van der Waals surface area contributed by atoms with Crippen molar-refractivity contribution in [2.75, 3.05) is 19.6 Å². The van der Waals surface area contributed by atoms with Crippen LogP contribution in [0.2, 0.25) is 0 Å². The number of unbranched alkanes of at least 4 members (excludes halogenated alkanes) is 2. The van der Waals surface area contributed by atoms with Crippen molar-refractivity contribution in [2.24, 2.45) is 11.3 Å². The third-order valence-electron chi connectivity index (χ3n) is 4.23. The van der Waals surface area contributed by atoms with Gasteiger partial charge in [0, 0.05) is 19.6 Å². The average Bonchev–Trinajstić information content (AvgIpc) is 2.45. The Balaban J connectivity index is 2.37. The second kappa shape index (κ2) is 8.25. The van der Waals surface area contributed by atoms with Gasteiger partial charge in [-0.1, -0.05) is 40.0 Å².